The summed E-state index contributed by atoms with van der Waals surface area (Å²) in [6, 6.07) is 10.9. The van der Waals surface area contributed by atoms with Crippen molar-refractivity contribution in [3.8, 4) is 11.6 Å². The summed E-state index contributed by atoms with van der Waals surface area (Å²) in [5.41, 5.74) is 7.32. The van der Waals surface area contributed by atoms with E-state index in [1.54, 1.807) is 18.3 Å². The number of pyridine rings is 1. The van der Waals surface area contributed by atoms with Gasteiger partial charge in [0.25, 0.3) is 0 Å². The minimum absolute atomic E-state index is 0.150. The normalized spacial score (nSPS) is 10.2. The lowest BCUT2D eigenvalue weighted by atomic mass is 10.1. The molecule has 3 N–H and O–H groups in total. The Hall–Kier alpha value is -2.07. The van der Waals surface area contributed by atoms with E-state index in [0.29, 0.717) is 23.7 Å². The van der Waals surface area contributed by atoms with Crippen molar-refractivity contribution in [1.82, 2.24) is 4.98 Å². The second kappa shape index (κ2) is 5.32. The number of aliphatic hydroxyl groups excluding tert-OH is 1. The third-order valence-corrected chi connectivity index (χ3v) is 2.31. The Morgan fingerprint density at radius 2 is 1.94 bits per heavy atom. The fourth-order valence-electron chi connectivity index (χ4n) is 1.45. The maximum Gasteiger partial charge on any atom is 0.221 e. The summed E-state index contributed by atoms with van der Waals surface area (Å²) in [7, 11) is 0. The Morgan fingerprint density at radius 3 is 2.59 bits per heavy atom. The minimum Gasteiger partial charge on any atom is -0.439 e. The van der Waals surface area contributed by atoms with E-state index in [1.165, 1.54) is 0 Å². The van der Waals surface area contributed by atoms with E-state index in [9.17, 15) is 0 Å². The van der Waals surface area contributed by atoms with Gasteiger partial charge in [-0.25, -0.2) is 4.98 Å². The molecule has 0 radical (unpaired) electrons. The van der Waals surface area contributed by atoms with Crippen LogP contribution in [0.5, 0.6) is 11.6 Å². The monoisotopic (exact) mass is 230 g/mol. The number of nitrogen functional groups attached to an aromatic ring is 1. The molecule has 0 spiro atoms. The molecule has 4 nitrogen and oxygen atoms in total. The van der Waals surface area contributed by atoms with Gasteiger partial charge in [-0.15, -0.1) is 0 Å². The Morgan fingerprint density at radius 1 is 1.18 bits per heavy atom. The fourth-order valence-corrected chi connectivity index (χ4v) is 1.45. The van der Waals surface area contributed by atoms with Crippen LogP contribution in [0.3, 0.4) is 0 Å². The summed E-state index contributed by atoms with van der Waals surface area (Å²) >= 11 is 0. The van der Waals surface area contributed by atoms with Gasteiger partial charge in [0.05, 0.1) is 0 Å². The van der Waals surface area contributed by atoms with Crippen molar-refractivity contribution < 1.29 is 9.84 Å². The van der Waals surface area contributed by atoms with Crippen LogP contribution in [0.25, 0.3) is 0 Å². The van der Waals surface area contributed by atoms with Gasteiger partial charge in [-0.1, -0.05) is 12.1 Å². The lowest BCUT2D eigenvalue weighted by Crippen LogP contribution is -1.92. The molecule has 4 heteroatoms. The van der Waals surface area contributed by atoms with Crippen LogP contribution in [0.1, 0.15) is 5.56 Å². The van der Waals surface area contributed by atoms with Crippen LogP contribution in [-0.4, -0.2) is 16.7 Å². The molecular weight excluding hydrogens is 216 g/mol. The molecule has 0 fully saturated rings. The molecule has 2 rings (SSSR count). The molecule has 88 valence electrons. The largest absolute Gasteiger partial charge is 0.439 e. The number of rotatable bonds is 4. The predicted octanol–water partition coefficient (Wildman–Crippen LogP) is 1.99. The van der Waals surface area contributed by atoms with Crippen LogP contribution in [0.15, 0.2) is 42.6 Å². The van der Waals surface area contributed by atoms with Crippen molar-refractivity contribution in [2.24, 2.45) is 0 Å². The maximum atomic E-state index is 8.80. The lowest BCUT2D eigenvalue weighted by molar-refractivity contribution is 0.299. The van der Waals surface area contributed by atoms with E-state index in [4.69, 9.17) is 15.6 Å². The lowest BCUT2D eigenvalue weighted by Gasteiger charge is -2.05. The zero-order chi connectivity index (χ0) is 12.1. The fraction of sp³-hybridized carbons (Fsp3) is 0.154. The highest BCUT2D eigenvalue weighted by atomic mass is 16.5. The molecular formula is C13H14N2O2. The van der Waals surface area contributed by atoms with Crippen LogP contribution in [-0.2, 0) is 6.42 Å². The predicted molar refractivity (Wildman–Crippen MR) is 66.0 cm³/mol. The summed E-state index contributed by atoms with van der Waals surface area (Å²) < 4.78 is 5.54. The molecule has 2 aromatic rings. The summed E-state index contributed by atoms with van der Waals surface area (Å²) in [6.45, 7) is 0.150. The van der Waals surface area contributed by atoms with E-state index in [0.717, 1.165) is 5.56 Å². The number of aromatic nitrogens is 1. The number of hydrogen-bond acceptors (Lipinski definition) is 4. The number of aliphatic hydroxyl groups is 1. The number of anilines is 1. The number of benzene rings is 1. The van der Waals surface area contributed by atoms with Gasteiger partial charge >= 0.3 is 0 Å². The highest BCUT2D eigenvalue weighted by Gasteiger charge is 1.99. The zero-order valence-electron chi connectivity index (χ0n) is 9.34. The van der Waals surface area contributed by atoms with Crippen LogP contribution in [0, 0.1) is 0 Å². The zero-order valence-corrected chi connectivity index (χ0v) is 9.34. The van der Waals surface area contributed by atoms with E-state index < -0.39 is 0 Å². The molecule has 0 saturated heterocycles. The molecule has 0 aliphatic rings. The molecule has 1 aromatic heterocycles. The smallest absolute Gasteiger partial charge is 0.221 e. The van der Waals surface area contributed by atoms with Gasteiger partial charge < -0.3 is 15.6 Å². The van der Waals surface area contributed by atoms with Gasteiger partial charge in [0.2, 0.25) is 5.88 Å². The second-order valence-corrected chi connectivity index (χ2v) is 3.65. The van der Waals surface area contributed by atoms with E-state index in [2.05, 4.69) is 4.98 Å². The van der Waals surface area contributed by atoms with E-state index in [1.807, 2.05) is 24.3 Å². The van der Waals surface area contributed by atoms with Gasteiger partial charge in [-0.2, -0.15) is 0 Å². The van der Waals surface area contributed by atoms with Gasteiger partial charge in [0.1, 0.15) is 5.75 Å². The Kier molecular flexibility index (Phi) is 3.57. The number of ether oxygens (including phenoxy) is 1. The average Bonchev–Trinajstić information content (AvgIpc) is 2.32. The van der Waals surface area contributed by atoms with Crippen molar-refractivity contribution in [3.05, 3.63) is 48.2 Å². The van der Waals surface area contributed by atoms with Gasteiger partial charge in [0.15, 0.2) is 0 Å². The first-order valence-electron chi connectivity index (χ1n) is 5.37. The molecule has 0 amide bonds. The summed E-state index contributed by atoms with van der Waals surface area (Å²) in [5.74, 6) is 1.17. The molecule has 1 aromatic carbocycles. The standard InChI is InChI=1S/C13H14N2O2/c14-11-5-7-15-13(9-11)17-12-3-1-10(2-4-12)6-8-16/h1-5,7,9,16H,6,8H2,(H2,14,15). The van der Waals surface area contributed by atoms with Crippen molar-refractivity contribution in [2.75, 3.05) is 12.3 Å². The molecule has 0 unspecified atom stereocenters. The van der Waals surface area contributed by atoms with Crippen LogP contribution in [0.4, 0.5) is 5.69 Å². The highest BCUT2D eigenvalue weighted by molar-refractivity contribution is 5.41. The van der Waals surface area contributed by atoms with Gasteiger partial charge in [-0.05, 0) is 30.2 Å². The molecule has 0 bridgehead atoms. The number of nitrogens with two attached hydrogens (primary N) is 1. The third-order valence-electron chi connectivity index (χ3n) is 2.31. The minimum atomic E-state index is 0.150. The second-order valence-electron chi connectivity index (χ2n) is 3.65. The van der Waals surface area contributed by atoms with Gasteiger partial charge in [0, 0.05) is 24.6 Å². The third kappa shape index (κ3) is 3.19. The Labute approximate surface area is 99.7 Å². The molecule has 0 saturated carbocycles. The Balaban J connectivity index is 2.08. The number of hydrogen-bond donors (Lipinski definition) is 2. The van der Waals surface area contributed by atoms with Gasteiger partial charge in [-0.3, -0.25) is 0 Å². The molecule has 1 heterocycles. The van der Waals surface area contributed by atoms with Crippen LogP contribution >= 0.6 is 0 Å². The molecule has 0 atom stereocenters. The van der Waals surface area contributed by atoms with Crippen LogP contribution < -0.4 is 10.5 Å². The summed E-state index contributed by atoms with van der Waals surface area (Å²) in [5, 5.41) is 8.80. The van der Waals surface area contributed by atoms with Crippen LogP contribution in [0.2, 0.25) is 0 Å². The van der Waals surface area contributed by atoms with E-state index >= 15 is 0 Å². The van der Waals surface area contributed by atoms with Crippen molar-refractivity contribution in [2.45, 2.75) is 6.42 Å². The van der Waals surface area contributed by atoms with Crippen molar-refractivity contribution >= 4 is 5.69 Å². The molecule has 17 heavy (non-hydrogen) atoms. The molecule has 0 aliphatic carbocycles. The number of nitrogens with zero attached hydrogens (tertiary/aromatic N) is 1. The maximum absolute atomic E-state index is 8.80. The van der Waals surface area contributed by atoms with Crippen molar-refractivity contribution in [3.63, 3.8) is 0 Å². The SMILES string of the molecule is Nc1ccnc(Oc2ccc(CCO)cc2)c1. The van der Waals surface area contributed by atoms with Crippen molar-refractivity contribution in [1.29, 1.82) is 0 Å². The first-order valence-corrected chi connectivity index (χ1v) is 5.37. The Bertz CT molecular complexity index is 483. The molecule has 0 aliphatic heterocycles. The summed E-state index contributed by atoms with van der Waals surface area (Å²) in [4.78, 5) is 4.05. The first-order chi connectivity index (χ1) is 8.28. The topological polar surface area (TPSA) is 68.4 Å². The van der Waals surface area contributed by atoms with E-state index in [-0.39, 0.29) is 6.61 Å². The quantitative estimate of drug-likeness (QED) is 0.842. The average molecular weight is 230 g/mol. The first kappa shape index (κ1) is 11.4. The summed E-state index contributed by atoms with van der Waals surface area (Å²) in [6.07, 6.45) is 2.25. The highest BCUT2D eigenvalue weighted by Crippen LogP contribution is 2.21.